The molecule has 1 aromatic heterocycles. The average Bonchev–Trinajstić information content (AvgIpc) is 2.94. The first-order chi connectivity index (χ1) is 12.8. The molecule has 27 heavy (non-hydrogen) atoms. The summed E-state index contributed by atoms with van der Waals surface area (Å²) >= 11 is 0. The molecule has 0 bridgehead atoms. The monoisotopic (exact) mass is 363 g/mol. The number of pyridine rings is 1. The van der Waals surface area contributed by atoms with Crippen LogP contribution in [0, 0.1) is 12.8 Å². The van der Waals surface area contributed by atoms with Gasteiger partial charge in [-0.05, 0) is 49.4 Å². The van der Waals surface area contributed by atoms with Crippen molar-refractivity contribution in [2.75, 3.05) is 0 Å². The van der Waals surface area contributed by atoms with Crippen LogP contribution < -0.4 is 0 Å². The van der Waals surface area contributed by atoms with Crippen LogP contribution in [-0.2, 0) is 11.2 Å². The number of aromatic nitrogens is 1. The highest BCUT2D eigenvalue weighted by atomic mass is 16.2. The van der Waals surface area contributed by atoms with Crippen molar-refractivity contribution in [1.29, 1.82) is 0 Å². The van der Waals surface area contributed by atoms with Crippen LogP contribution in [0.2, 0.25) is 0 Å². The lowest BCUT2D eigenvalue weighted by Crippen LogP contribution is -2.47. The predicted molar refractivity (Wildman–Crippen MR) is 106 cm³/mol. The van der Waals surface area contributed by atoms with Gasteiger partial charge in [0.2, 0.25) is 0 Å². The minimum Gasteiger partial charge on any atom is -0.271 e. The molecule has 5 nitrogen and oxygen atoms in total. The van der Waals surface area contributed by atoms with Gasteiger partial charge >= 0.3 is 0 Å². The van der Waals surface area contributed by atoms with Crippen LogP contribution in [-0.4, -0.2) is 33.1 Å². The number of carbonyl (C=O) groups is 2. The molecule has 5 heteroatoms. The van der Waals surface area contributed by atoms with Crippen molar-refractivity contribution in [2.45, 2.75) is 46.6 Å². The zero-order valence-corrected chi connectivity index (χ0v) is 16.5. The summed E-state index contributed by atoms with van der Waals surface area (Å²) in [5, 5.41) is 0. The van der Waals surface area contributed by atoms with Gasteiger partial charge < -0.3 is 0 Å². The van der Waals surface area contributed by atoms with Gasteiger partial charge in [-0.25, -0.2) is 9.89 Å². The SMILES string of the molecule is CCc1cc(C)cnc1C1=NC(C)(C(C)C)C(=O)N1C(=O)c1ccccc1. The number of rotatable bonds is 4. The van der Waals surface area contributed by atoms with Crippen molar-refractivity contribution in [1.82, 2.24) is 9.88 Å². The normalized spacial score (nSPS) is 19.6. The first-order valence-electron chi connectivity index (χ1n) is 9.29. The van der Waals surface area contributed by atoms with Crippen LogP contribution in [0.25, 0.3) is 0 Å². The Morgan fingerprint density at radius 2 is 1.89 bits per heavy atom. The summed E-state index contributed by atoms with van der Waals surface area (Å²) in [4.78, 5) is 37.0. The second kappa shape index (κ2) is 7.06. The average molecular weight is 363 g/mol. The smallest absolute Gasteiger partial charge is 0.266 e. The van der Waals surface area contributed by atoms with E-state index < -0.39 is 5.54 Å². The summed E-state index contributed by atoms with van der Waals surface area (Å²) in [6.45, 7) is 9.68. The molecule has 2 aromatic rings. The Morgan fingerprint density at radius 3 is 2.48 bits per heavy atom. The summed E-state index contributed by atoms with van der Waals surface area (Å²) in [6, 6.07) is 10.9. The minimum absolute atomic E-state index is 0.0518. The largest absolute Gasteiger partial charge is 0.271 e. The second-order valence-corrected chi connectivity index (χ2v) is 7.42. The van der Waals surface area contributed by atoms with Crippen LogP contribution in [0.1, 0.15) is 54.9 Å². The van der Waals surface area contributed by atoms with E-state index in [2.05, 4.69) is 4.98 Å². The highest BCUT2D eigenvalue weighted by molar-refractivity contribution is 6.27. The van der Waals surface area contributed by atoms with Gasteiger partial charge in [0, 0.05) is 11.8 Å². The van der Waals surface area contributed by atoms with Crippen LogP contribution in [0.5, 0.6) is 0 Å². The molecule has 2 amide bonds. The Balaban J connectivity index is 2.18. The molecule has 1 atom stereocenters. The van der Waals surface area contributed by atoms with Gasteiger partial charge in [0.25, 0.3) is 11.8 Å². The van der Waals surface area contributed by atoms with Crippen LogP contribution in [0.4, 0.5) is 0 Å². The Morgan fingerprint density at radius 1 is 1.22 bits per heavy atom. The molecule has 140 valence electrons. The van der Waals surface area contributed by atoms with Crippen molar-refractivity contribution < 1.29 is 9.59 Å². The maximum Gasteiger partial charge on any atom is 0.266 e. The molecular formula is C22H25N3O2. The van der Waals surface area contributed by atoms with Crippen molar-refractivity contribution in [2.24, 2.45) is 10.9 Å². The quantitative estimate of drug-likeness (QED) is 0.776. The maximum atomic E-state index is 13.3. The highest BCUT2D eigenvalue weighted by Crippen LogP contribution is 2.33. The number of hydrogen-bond acceptors (Lipinski definition) is 4. The van der Waals surface area contributed by atoms with E-state index >= 15 is 0 Å². The number of carbonyl (C=O) groups excluding carboxylic acids is 2. The lowest BCUT2D eigenvalue weighted by Gasteiger charge is -2.25. The van der Waals surface area contributed by atoms with Crippen LogP contribution >= 0.6 is 0 Å². The van der Waals surface area contributed by atoms with Gasteiger partial charge in [0.15, 0.2) is 5.84 Å². The third kappa shape index (κ3) is 3.18. The topological polar surface area (TPSA) is 62.6 Å². The minimum atomic E-state index is -0.989. The fraction of sp³-hybridized carbons (Fsp3) is 0.364. The van der Waals surface area contributed by atoms with Gasteiger partial charge in [-0.2, -0.15) is 0 Å². The van der Waals surface area contributed by atoms with Crippen LogP contribution in [0.15, 0.2) is 47.6 Å². The van der Waals surface area contributed by atoms with Crippen molar-refractivity contribution in [3.8, 4) is 0 Å². The van der Waals surface area contributed by atoms with E-state index in [4.69, 9.17) is 4.99 Å². The Hall–Kier alpha value is -2.82. The summed E-state index contributed by atoms with van der Waals surface area (Å²) in [5.74, 6) is -0.370. The zero-order valence-electron chi connectivity index (χ0n) is 16.5. The van der Waals surface area contributed by atoms with E-state index in [9.17, 15) is 9.59 Å². The van der Waals surface area contributed by atoms with Crippen molar-refractivity contribution in [3.05, 3.63) is 65.0 Å². The Bertz CT molecular complexity index is 918. The van der Waals surface area contributed by atoms with Gasteiger partial charge in [0.05, 0.1) is 0 Å². The molecule has 0 radical (unpaired) electrons. The van der Waals surface area contributed by atoms with E-state index in [1.807, 2.05) is 39.8 Å². The second-order valence-electron chi connectivity index (χ2n) is 7.42. The molecule has 0 saturated carbocycles. The zero-order chi connectivity index (χ0) is 19.8. The van der Waals surface area contributed by atoms with Gasteiger partial charge in [-0.3, -0.25) is 14.6 Å². The predicted octanol–water partition coefficient (Wildman–Crippen LogP) is 3.80. The lowest BCUT2D eigenvalue weighted by atomic mass is 9.88. The van der Waals surface area contributed by atoms with E-state index in [1.165, 1.54) is 4.90 Å². The molecule has 1 unspecified atom stereocenters. The molecule has 1 aliphatic rings. The van der Waals surface area contributed by atoms with Gasteiger partial charge in [-0.15, -0.1) is 0 Å². The Labute approximate surface area is 160 Å². The summed E-state index contributed by atoms with van der Waals surface area (Å²) in [6.07, 6.45) is 2.49. The Kier molecular flexibility index (Phi) is 4.96. The molecule has 0 spiro atoms. The van der Waals surface area contributed by atoms with E-state index in [0.29, 0.717) is 17.1 Å². The van der Waals surface area contributed by atoms with Crippen molar-refractivity contribution >= 4 is 17.6 Å². The highest BCUT2D eigenvalue weighted by Gasteiger charge is 2.50. The lowest BCUT2D eigenvalue weighted by molar-refractivity contribution is -0.130. The number of amides is 2. The molecule has 1 aromatic carbocycles. The fourth-order valence-corrected chi connectivity index (χ4v) is 3.17. The number of amidine groups is 1. The van der Waals surface area contributed by atoms with E-state index in [0.717, 1.165) is 17.5 Å². The van der Waals surface area contributed by atoms with Crippen LogP contribution in [0.3, 0.4) is 0 Å². The molecule has 0 saturated heterocycles. The standard InChI is InChI=1S/C22H25N3O2/c1-6-16-12-15(4)13-23-18(16)19-24-22(5,14(2)3)21(27)25(19)20(26)17-10-8-7-9-11-17/h7-14H,6H2,1-5H3. The fourth-order valence-electron chi connectivity index (χ4n) is 3.17. The van der Waals surface area contributed by atoms with Gasteiger partial charge in [-0.1, -0.05) is 45.0 Å². The molecule has 1 aliphatic heterocycles. The third-order valence-corrected chi connectivity index (χ3v) is 5.23. The first kappa shape index (κ1) is 19.0. The number of aliphatic imine (C=N–C) groups is 1. The number of hydrogen-bond donors (Lipinski definition) is 0. The summed E-state index contributed by atoms with van der Waals surface area (Å²) in [5.41, 5.74) is 2.08. The van der Waals surface area contributed by atoms with Crippen molar-refractivity contribution in [3.63, 3.8) is 0 Å². The number of nitrogens with zero attached hydrogens (tertiary/aromatic N) is 3. The molecular weight excluding hydrogens is 338 g/mol. The third-order valence-electron chi connectivity index (χ3n) is 5.23. The number of imide groups is 1. The molecule has 0 fully saturated rings. The maximum absolute atomic E-state index is 13.3. The van der Waals surface area contributed by atoms with Gasteiger partial charge in [0.1, 0.15) is 11.2 Å². The van der Waals surface area contributed by atoms with E-state index in [1.54, 1.807) is 37.4 Å². The molecule has 0 aliphatic carbocycles. The number of aryl methyl sites for hydroxylation is 2. The molecule has 2 heterocycles. The molecule has 3 rings (SSSR count). The number of benzene rings is 1. The van der Waals surface area contributed by atoms with E-state index in [-0.39, 0.29) is 17.7 Å². The first-order valence-corrected chi connectivity index (χ1v) is 9.29. The summed E-state index contributed by atoms with van der Waals surface area (Å²) in [7, 11) is 0. The summed E-state index contributed by atoms with van der Waals surface area (Å²) < 4.78 is 0. The molecule has 0 N–H and O–H groups in total.